The first kappa shape index (κ1) is 15.5. The average Bonchev–Trinajstić information content (AvgIpc) is 2.42. The van der Waals surface area contributed by atoms with Crippen LogP contribution in [-0.4, -0.2) is 36.2 Å². The fraction of sp³-hybridized carbons (Fsp3) is 0.429. The van der Waals surface area contributed by atoms with Crippen LogP contribution in [0.1, 0.15) is 18.0 Å². The lowest BCUT2D eigenvalue weighted by Gasteiger charge is -2.35. The van der Waals surface area contributed by atoms with Crippen LogP contribution in [0.15, 0.2) is 24.8 Å². The predicted octanol–water partition coefficient (Wildman–Crippen LogP) is 3.12. The molecule has 1 aliphatic heterocycles. The van der Waals surface area contributed by atoms with Crippen LogP contribution in [0.25, 0.3) is 0 Å². The van der Waals surface area contributed by atoms with Crippen LogP contribution >= 0.6 is 45.2 Å². The molecule has 1 heterocycles. The highest BCUT2D eigenvalue weighted by Gasteiger charge is 2.22. The number of piperazine rings is 1. The van der Waals surface area contributed by atoms with Crippen molar-refractivity contribution >= 4 is 45.2 Å². The molecule has 0 bridgehead atoms. The molecule has 0 radical (unpaired) electrons. The summed E-state index contributed by atoms with van der Waals surface area (Å²) < 4.78 is 1.84. The molecule has 0 aliphatic carbocycles. The second kappa shape index (κ2) is 7.24. The zero-order valence-electron chi connectivity index (χ0n) is 10.7. The molecule has 1 aliphatic rings. The number of halogens is 2. The molecule has 0 aromatic heterocycles. The first-order valence-corrected chi connectivity index (χ1v) is 8.52. The van der Waals surface area contributed by atoms with Crippen molar-refractivity contribution in [2.75, 3.05) is 26.2 Å². The Kier molecular flexibility index (Phi) is 5.91. The van der Waals surface area contributed by atoms with E-state index in [-0.39, 0.29) is 0 Å². The maximum absolute atomic E-state index is 9.89. The number of hydrogen-bond donors (Lipinski definition) is 2. The molecule has 5 heteroatoms. The summed E-state index contributed by atoms with van der Waals surface area (Å²) in [5, 5.41) is 13.3. The molecule has 1 fully saturated rings. The third kappa shape index (κ3) is 3.83. The summed E-state index contributed by atoms with van der Waals surface area (Å²) in [6, 6.07) is 4.55. The van der Waals surface area contributed by atoms with Crippen molar-refractivity contribution in [2.45, 2.75) is 12.5 Å². The largest absolute Gasteiger partial charge is 0.506 e. The quantitative estimate of drug-likeness (QED) is 0.510. The summed E-state index contributed by atoms with van der Waals surface area (Å²) in [4.78, 5) is 2.50. The fourth-order valence-electron chi connectivity index (χ4n) is 2.43. The van der Waals surface area contributed by atoms with Crippen LogP contribution in [0.2, 0.25) is 0 Å². The standard InChI is InChI=1S/C14H18I2N2O/c1-2-3-13(18-6-4-17-5-7-18)10-8-11(15)14(19)12(16)9-10/h2,8-9,13,17,19H,1,3-7H2/t13-/m1/s1. The Labute approximate surface area is 141 Å². The molecule has 104 valence electrons. The summed E-state index contributed by atoms with van der Waals surface area (Å²) in [5.74, 6) is 0.391. The molecule has 0 amide bonds. The highest BCUT2D eigenvalue weighted by Crippen LogP contribution is 2.33. The number of nitrogens with zero attached hydrogens (tertiary/aromatic N) is 1. The Morgan fingerprint density at radius 1 is 1.32 bits per heavy atom. The van der Waals surface area contributed by atoms with Crippen molar-refractivity contribution in [2.24, 2.45) is 0 Å². The van der Waals surface area contributed by atoms with E-state index in [1.54, 1.807) is 0 Å². The number of rotatable bonds is 4. The molecular formula is C14H18I2N2O. The maximum Gasteiger partial charge on any atom is 0.142 e. The fourth-order valence-corrected chi connectivity index (χ4v) is 4.24. The van der Waals surface area contributed by atoms with Crippen LogP contribution < -0.4 is 5.32 Å². The molecule has 0 saturated carbocycles. The molecule has 1 saturated heterocycles. The van der Waals surface area contributed by atoms with Gasteiger partial charge in [0.25, 0.3) is 0 Å². The lowest BCUT2D eigenvalue weighted by Crippen LogP contribution is -2.45. The normalized spacial score (nSPS) is 18.2. The molecule has 3 nitrogen and oxygen atoms in total. The molecule has 19 heavy (non-hydrogen) atoms. The number of hydrogen-bond acceptors (Lipinski definition) is 3. The summed E-state index contributed by atoms with van der Waals surface area (Å²) in [7, 11) is 0. The van der Waals surface area contributed by atoms with Gasteiger partial charge in [0.05, 0.1) is 7.14 Å². The monoisotopic (exact) mass is 484 g/mol. The predicted molar refractivity (Wildman–Crippen MR) is 95.5 cm³/mol. The smallest absolute Gasteiger partial charge is 0.142 e. The molecule has 2 N–H and O–H groups in total. The lowest BCUT2D eigenvalue weighted by molar-refractivity contribution is 0.174. The third-order valence-corrected chi connectivity index (χ3v) is 5.05. The molecule has 0 unspecified atom stereocenters. The average molecular weight is 484 g/mol. The number of phenols is 1. The topological polar surface area (TPSA) is 35.5 Å². The van der Waals surface area contributed by atoms with E-state index in [0.717, 1.165) is 39.7 Å². The Morgan fingerprint density at radius 2 is 1.89 bits per heavy atom. The minimum absolute atomic E-state index is 0.363. The molecule has 2 rings (SSSR count). The Bertz CT molecular complexity index is 436. The van der Waals surface area contributed by atoms with Gasteiger partial charge < -0.3 is 10.4 Å². The van der Waals surface area contributed by atoms with Crippen molar-refractivity contribution in [3.8, 4) is 5.75 Å². The first-order chi connectivity index (χ1) is 9.13. The zero-order valence-corrected chi connectivity index (χ0v) is 15.0. The summed E-state index contributed by atoms with van der Waals surface area (Å²) in [6.07, 6.45) is 2.93. The summed E-state index contributed by atoms with van der Waals surface area (Å²) in [6.45, 7) is 8.10. The van der Waals surface area contributed by atoms with E-state index in [1.807, 2.05) is 6.08 Å². The highest BCUT2D eigenvalue weighted by molar-refractivity contribution is 14.1. The van der Waals surface area contributed by atoms with Crippen molar-refractivity contribution in [3.63, 3.8) is 0 Å². The van der Waals surface area contributed by atoms with Crippen molar-refractivity contribution < 1.29 is 5.11 Å². The second-order valence-corrected chi connectivity index (χ2v) is 6.98. The molecule has 0 spiro atoms. The minimum Gasteiger partial charge on any atom is -0.506 e. The van der Waals surface area contributed by atoms with Crippen LogP contribution in [0.3, 0.4) is 0 Å². The van der Waals surface area contributed by atoms with Crippen LogP contribution in [0, 0.1) is 7.14 Å². The van der Waals surface area contributed by atoms with Crippen LogP contribution in [0.4, 0.5) is 0 Å². The van der Waals surface area contributed by atoms with Gasteiger partial charge in [0.1, 0.15) is 5.75 Å². The Hall–Kier alpha value is 0.140. The van der Waals surface area contributed by atoms with Gasteiger partial charge in [-0.05, 0) is 69.3 Å². The summed E-state index contributed by atoms with van der Waals surface area (Å²) in [5.41, 5.74) is 1.27. The van der Waals surface area contributed by atoms with Gasteiger partial charge in [0.15, 0.2) is 0 Å². The summed E-state index contributed by atoms with van der Waals surface area (Å²) >= 11 is 4.39. The molecule has 1 aromatic carbocycles. The maximum atomic E-state index is 9.89. The highest BCUT2D eigenvalue weighted by atomic mass is 127. The number of phenolic OH excluding ortho intramolecular Hbond substituents is 1. The van der Waals surface area contributed by atoms with E-state index in [2.05, 4.69) is 74.1 Å². The zero-order chi connectivity index (χ0) is 13.8. The van der Waals surface area contributed by atoms with Gasteiger partial charge in [0.2, 0.25) is 0 Å². The van der Waals surface area contributed by atoms with Gasteiger partial charge in [-0.25, -0.2) is 0 Å². The number of aromatic hydroxyl groups is 1. The van der Waals surface area contributed by atoms with E-state index in [4.69, 9.17) is 0 Å². The van der Waals surface area contributed by atoms with Gasteiger partial charge in [0, 0.05) is 32.2 Å². The first-order valence-electron chi connectivity index (χ1n) is 6.37. The van der Waals surface area contributed by atoms with E-state index < -0.39 is 0 Å². The number of nitrogens with one attached hydrogen (secondary N) is 1. The van der Waals surface area contributed by atoms with Crippen LogP contribution in [-0.2, 0) is 0 Å². The van der Waals surface area contributed by atoms with Crippen molar-refractivity contribution in [1.29, 1.82) is 0 Å². The van der Waals surface area contributed by atoms with E-state index >= 15 is 0 Å². The van der Waals surface area contributed by atoms with Crippen LogP contribution in [0.5, 0.6) is 5.75 Å². The van der Waals surface area contributed by atoms with E-state index in [1.165, 1.54) is 5.56 Å². The Morgan fingerprint density at radius 3 is 2.42 bits per heavy atom. The lowest BCUT2D eigenvalue weighted by atomic mass is 10.0. The molecule has 1 atom stereocenters. The van der Waals surface area contributed by atoms with Crippen molar-refractivity contribution in [3.05, 3.63) is 37.5 Å². The van der Waals surface area contributed by atoms with Gasteiger partial charge in [-0.1, -0.05) is 6.08 Å². The molecule has 1 aromatic rings. The Balaban J connectivity index is 2.29. The second-order valence-electron chi connectivity index (χ2n) is 4.66. The van der Waals surface area contributed by atoms with E-state index in [0.29, 0.717) is 11.8 Å². The number of benzene rings is 1. The molecular weight excluding hydrogens is 466 g/mol. The van der Waals surface area contributed by atoms with Gasteiger partial charge >= 0.3 is 0 Å². The van der Waals surface area contributed by atoms with Gasteiger partial charge in [-0.15, -0.1) is 6.58 Å². The minimum atomic E-state index is 0.363. The van der Waals surface area contributed by atoms with Gasteiger partial charge in [-0.2, -0.15) is 0 Å². The van der Waals surface area contributed by atoms with E-state index in [9.17, 15) is 5.11 Å². The third-order valence-electron chi connectivity index (χ3n) is 3.41. The SMILES string of the molecule is C=CC[C@H](c1cc(I)c(O)c(I)c1)N1CCNCC1. The van der Waals surface area contributed by atoms with Crippen molar-refractivity contribution in [1.82, 2.24) is 10.2 Å². The van der Waals surface area contributed by atoms with Gasteiger partial charge in [-0.3, -0.25) is 4.90 Å².